The Labute approximate surface area is 92.7 Å². The first kappa shape index (κ1) is 12.1. The highest BCUT2D eigenvalue weighted by Crippen LogP contribution is 2.18. The molecular formula is C13H22N2. The van der Waals surface area contributed by atoms with E-state index in [0.29, 0.717) is 0 Å². The van der Waals surface area contributed by atoms with Gasteiger partial charge in [0.05, 0.1) is 0 Å². The van der Waals surface area contributed by atoms with Crippen molar-refractivity contribution in [1.29, 1.82) is 0 Å². The minimum absolute atomic E-state index is 0.169. The molecule has 1 atom stereocenters. The van der Waals surface area contributed by atoms with Gasteiger partial charge in [0.15, 0.2) is 0 Å². The highest BCUT2D eigenvalue weighted by Gasteiger charge is 2.04. The van der Waals surface area contributed by atoms with Gasteiger partial charge < -0.3 is 11.5 Å². The molecule has 0 heterocycles. The van der Waals surface area contributed by atoms with Crippen molar-refractivity contribution in [3.8, 4) is 0 Å². The van der Waals surface area contributed by atoms with Crippen LogP contribution in [-0.4, -0.2) is 0 Å². The fourth-order valence-electron chi connectivity index (χ4n) is 1.70. The van der Waals surface area contributed by atoms with Crippen LogP contribution in [0.1, 0.15) is 50.6 Å². The molecule has 1 unspecified atom stereocenters. The lowest BCUT2D eigenvalue weighted by atomic mass is 10.0. The zero-order chi connectivity index (χ0) is 11.1. The maximum Gasteiger partial charge on any atom is 0.0314 e. The molecule has 1 rings (SSSR count). The van der Waals surface area contributed by atoms with Crippen molar-refractivity contribution in [3.05, 3.63) is 29.8 Å². The van der Waals surface area contributed by atoms with Crippen molar-refractivity contribution in [1.82, 2.24) is 0 Å². The Morgan fingerprint density at radius 2 is 1.73 bits per heavy atom. The van der Waals surface area contributed by atoms with E-state index in [0.717, 1.165) is 12.1 Å². The van der Waals surface area contributed by atoms with Crippen molar-refractivity contribution in [2.24, 2.45) is 5.73 Å². The summed E-state index contributed by atoms with van der Waals surface area (Å²) in [7, 11) is 0. The molecule has 0 radical (unpaired) electrons. The average Bonchev–Trinajstić information content (AvgIpc) is 2.25. The second kappa shape index (κ2) is 6.46. The van der Waals surface area contributed by atoms with Gasteiger partial charge in [0.2, 0.25) is 0 Å². The second-order valence-corrected chi connectivity index (χ2v) is 4.12. The Balaban J connectivity index is 2.33. The summed E-state index contributed by atoms with van der Waals surface area (Å²) in [5.74, 6) is 0. The van der Waals surface area contributed by atoms with Gasteiger partial charge in [-0.15, -0.1) is 0 Å². The molecule has 2 nitrogen and oxygen atoms in total. The van der Waals surface area contributed by atoms with Crippen LogP contribution in [0, 0.1) is 0 Å². The van der Waals surface area contributed by atoms with Crippen LogP contribution in [0.25, 0.3) is 0 Å². The molecule has 0 fully saturated rings. The predicted molar refractivity (Wildman–Crippen MR) is 66.5 cm³/mol. The largest absolute Gasteiger partial charge is 0.399 e. The third kappa shape index (κ3) is 4.34. The summed E-state index contributed by atoms with van der Waals surface area (Å²) < 4.78 is 0. The highest BCUT2D eigenvalue weighted by atomic mass is 14.6. The monoisotopic (exact) mass is 206 g/mol. The lowest BCUT2D eigenvalue weighted by molar-refractivity contribution is 0.566. The van der Waals surface area contributed by atoms with E-state index in [4.69, 9.17) is 11.5 Å². The molecular weight excluding hydrogens is 184 g/mol. The van der Waals surface area contributed by atoms with Crippen LogP contribution in [0.2, 0.25) is 0 Å². The fraction of sp³-hybridized carbons (Fsp3) is 0.538. The molecule has 1 aromatic rings. The van der Waals surface area contributed by atoms with E-state index in [1.165, 1.54) is 31.2 Å². The predicted octanol–water partition coefficient (Wildman–Crippen LogP) is 3.24. The van der Waals surface area contributed by atoms with Crippen LogP contribution in [0.15, 0.2) is 24.3 Å². The average molecular weight is 206 g/mol. The molecule has 0 saturated carbocycles. The van der Waals surface area contributed by atoms with E-state index in [2.05, 4.69) is 6.92 Å². The highest BCUT2D eigenvalue weighted by molar-refractivity contribution is 5.40. The number of rotatable bonds is 6. The summed E-state index contributed by atoms with van der Waals surface area (Å²) in [6.45, 7) is 2.22. The first-order valence-corrected chi connectivity index (χ1v) is 5.85. The number of anilines is 1. The Hall–Kier alpha value is -1.02. The molecule has 0 aliphatic heterocycles. The fourth-order valence-corrected chi connectivity index (χ4v) is 1.70. The Kier molecular flexibility index (Phi) is 5.19. The number of nitrogen functional groups attached to an aromatic ring is 1. The van der Waals surface area contributed by atoms with Gasteiger partial charge in [-0.25, -0.2) is 0 Å². The topological polar surface area (TPSA) is 52.0 Å². The van der Waals surface area contributed by atoms with Crippen molar-refractivity contribution in [3.63, 3.8) is 0 Å². The molecule has 0 saturated heterocycles. The van der Waals surface area contributed by atoms with Gasteiger partial charge in [-0.2, -0.15) is 0 Å². The van der Waals surface area contributed by atoms with Crippen molar-refractivity contribution >= 4 is 5.69 Å². The molecule has 0 aliphatic rings. The normalized spacial score (nSPS) is 12.7. The third-order valence-corrected chi connectivity index (χ3v) is 2.73. The SMILES string of the molecule is CCCCCCC(N)c1ccc(N)cc1. The minimum atomic E-state index is 0.169. The summed E-state index contributed by atoms with van der Waals surface area (Å²) in [6.07, 6.45) is 6.17. The van der Waals surface area contributed by atoms with E-state index in [1.54, 1.807) is 0 Å². The molecule has 0 spiro atoms. The van der Waals surface area contributed by atoms with Crippen molar-refractivity contribution < 1.29 is 0 Å². The molecule has 2 heteroatoms. The Morgan fingerprint density at radius 3 is 2.33 bits per heavy atom. The van der Waals surface area contributed by atoms with Crippen molar-refractivity contribution in [2.75, 3.05) is 5.73 Å². The molecule has 84 valence electrons. The Morgan fingerprint density at radius 1 is 1.07 bits per heavy atom. The van der Waals surface area contributed by atoms with E-state index in [-0.39, 0.29) is 6.04 Å². The Bertz CT molecular complexity index is 266. The smallest absolute Gasteiger partial charge is 0.0314 e. The minimum Gasteiger partial charge on any atom is -0.399 e. The summed E-state index contributed by atoms with van der Waals surface area (Å²) in [5.41, 5.74) is 13.7. The molecule has 0 aromatic heterocycles. The van der Waals surface area contributed by atoms with Gasteiger partial charge in [0.1, 0.15) is 0 Å². The molecule has 4 N–H and O–H groups in total. The van der Waals surface area contributed by atoms with Crippen LogP contribution in [0.5, 0.6) is 0 Å². The summed E-state index contributed by atoms with van der Waals surface area (Å²) in [6, 6.07) is 8.06. The zero-order valence-electron chi connectivity index (χ0n) is 9.58. The van der Waals surface area contributed by atoms with E-state index in [9.17, 15) is 0 Å². The number of benzene rings is 1. The number of nitrogens with two attached hydrogens (primary N) is 2. The van der Waals surface area contributed by atoms with Gasteiger partial charge in [-0.1, -0.05) is 44.7 Å². The van der Waals surface area contributed by atoms with Gasteiger partial charge in [-0.05, 0) is 24.1 Å². The van der Waals surface area contributed by atoms with Crippen LogP contribution in [-0.2, 0) is 0 Å². The third-order valence-electron chi connectivity index (χ3n) is 2.73. The van der Waals surface area contributed by atoms with Crippen LogP contribution >= 0.6 is 0 Å². The standard InChI is InChI=1S/C13H22N2/c1-2-3-4-5-6-13(15)11-7-9-12(14)10-8-11/h7-10,13H,2-6,14-15H2,1H3. The maximum absolute atomic E-state index is 6.09. The van der Waals surface area contributed by atoms with Gasteiger partial charge >= 0.3 is 0 Å². The van der Waals surface area contributed by atoms with Crippen molar-refractivity contribution in [2.45, 2.75) is 45.1 Å². The molecule has 0 amide bonds. The first-order chi connectivity index (χ1) is 7.24. The van der Waals surface area contributed by atoms with Crippen LogP contribution in [0.4, 0.5) is 5.69 Å². The van der Waals surface area contributed by atoms with Gasteiger partial charge in [-0.3, -0.25) is 0 Å². The molecule has 1 aromatic carbocycles. The summed E-state index contributed by atoms with van der Waals surface area (Å²) in [5, 5.41) is 0. The quantitative estimate of drug-likeness (QED) is 0.554. The molecule has 15 heavy (non-hydrogen) atoms. The maximum atomic E-state index is 6.09. The van der Waals surface area contributed by atoms with E-state index >= 15 is 0 Å². The molecule has 0 aliphatic carbocycles. The summed E-state index contributed by atoms with van der Waals surface area (Å²) >= 11 is 0. The number of unbranched alkanes of at least 4 members (excludes halogenated alkanes) is 3. The number of hydrogen-bond donors (Lipinski definition) is 2. The summed E-state index contributed by atoms with van der Waals surface area (Å²) in [4.78, 5) is 0. The number of hydrogen-bond acceptors (Lipinski definition) is 2. The second-order valence-electron chi connectivity index (χ2n) is 4.12. The van der Waals surface area contributed by atoms with Gasteiger partial charge in [0.25, 0.3) is 0 Å². The molecule has 0 bridgehead atoms. The van der Waals surface area contributed by atoms with Gasteiger partial charge in [0, 0.05) is 11.7 Å². The zero-order valence-corrected chi connectivity index (χ0v) is 9.58. The van der Waals surface area contributed by atoms with Crippen LogP contribution in [0.3, 0.4) is 0 Å². The lowest BCUT2D eigenvalue weighted by Crippen LogP contribution is -2.09. The van der Waals surface area contributed by atoms with Crippen LogP contribution < -0.4 is 11.5 Å². The van der Waals surface area contributed by atoms with E-state index in [1.807, 2.05) is 24.3 Å². The lowest BCUT2D eigenvalue weighted by Gasteiger charge is -2.11. The van der Waals surface area contributed by atoms with E-state index < -0.39 is 0 Å². The first-order valence-electron chi connectivity index (χ1n) is 5.85.